The van der Waals surface area contributed by atoms with E-state index in [1.807, 2.05) is 30.4 Å². The zero-order valence-corrected chi connectivity index (χ0v) is 14.0. The number of thiophene rings is 2. The monoisotopic (exact) mass is 320 g/mol. The van der Waals surface area contributed by atoms with Gasteiger partial charge >= 0.3 is 0 Å². The topological polar surface area (TPSA) is 32.3 Å². The Kier molecular flexibility index (Phi) is 4.42. The second-order valence-electron chi connectivity index (χ2n) is 5.56. The van der Waals surface area contributed by atoms with Gasteiger partial charge in [-0.3, -0.25) is 9.69 Å². The smallest absolute Gasteiger partial charge is 0.261 e. The fourth-order valence-electron chi connectivity index (χ4n) is 2.66. The molecule has 1 aliphatic heterocycles. The van der Waals surface area contributed by atoms with Gasteiger partial charge < -0.3 is 5.32 Å². The fourth-order valence-corrected chi connectivity index (χ4v) is 4.33. The van der Waals surface area contributed by atoms with Crippen molar-refractivity contribution < 1.29 is 4.79 Å². The van der Waals surface area contributed by atoms with E-state index < -0.39 is 0 Å². The third-order valence-corrected chi connectivity index (χ3v) is 6.01. The summed E-state index contributed by atoms with van der Waals surface area (Å²) in [5.41, 5.74) is 1.46. The highest BCUT2D eigenvalue weighted by Crippen LogP contribution is 2.25. The van der Waals surface area contributed by atoms with Gasteiger partial charge in [-0.25, -0.2) is 0 Å². The van der Waals surface area contributed by atoms with Gasteiger partial charge in [0.1, 0.15) is 0 Å². The minimum atomic E-state index is 0.0492. The van der Waals surface area contributed by atoms with Crippen molar-refractivity contribution in [2.75, 3.05) is 13.1 Å². The molecule has 1 N–H and O–H groups in total. The number of nitrogens with one attached hydrogen (secondary N) is 1. The largest absolute Gasteiger partial charge is 0.350 e. The Morgan fingerprint density at radius 1 is 1.43 bits per heavy atom. The molecule has 0 aromatic carbocycles. The summed E-state index contributed by atoms with van der Waals surface area (Å²) in [4.78, 5) is 18.0. The highest BCUT2D eigenvalue weighted by atomic mass is 32.1. The lowest BCUT2D eigenvalue weighted by Crippen LogP contribution is -2.44. The lowest BCUT2D eigenvalue weighted by atomic mass is 10.1. The first-order chi connectivity index (χ1) is 10.1. The molecule has 0 spiro atoms. The summed E-state index contributed by atoms with van der Waals surface area (Å²) in [6, 6.07) is 6.49. The molecule has 0 aliphatic carbocycles. The van der Waals surface area contributed by atoms with E-state index in [1.54, 1.807) is 11.3 Å². The van der Waals surface area contributed by atoms with Crippen LogP contribution >= 0.6 is 22.7 Å². The number of carbonyl (C=O) groups is 1. The predicted molar refractivity (Wildman–Crippen MR) is 89.3 cm³/mol. The number of fused-ring (bicyclic) bond motifs is 1. The van der Waals surface area contributed by atoms with E-state index >= 15 is 0 Å². The van der Waals surface area contributed by atoms with E-state index in [1.165, 1.54) is 15.3 Å². The number of hydrogen-bond donors (Lipinski definition) is 1. The Morgan fingerprint density at radius 2 is 2.29 bits per heavy atom. The maximum absolute atomic E-state index is 12.1. The second kappa shape index (κ2) is 6.30. The lowest BCUT2D eigenvalue weighted by molar-refractivity contribution is 0.0937. The maximum Gasteiger partial charge on any atom is 0.261 e. The summed E-state index contributed by atoms with van der Waals surface area (Å²) in [5, 5.41) is 5.24. The minimum absolute atomic E-state index is 0.0492. The molecule has 0 saturated carbocycles. The average molecular weight is 320 g/mol. The molecule has 1 atom stereocenters. The molecule has 2 aromatic rings. The summed E-state index contributed by atoms with van der Waals surface area (Å²) in [6.45, 7) is 7.01. The summed E-state index contributed by atoms with van der Waals surface area (Å²) in [6.07, 6.45) is 1.13. The minimum Gasteiger partial charge on any atom is -0.350 e. The van der Waals surface area contributed by atoms with Crippen molar-refractivity contribution >= 4 is 28.6 Å². The van der Waals surface area contributed by atoms with E-state index in [9.17, 15) is 4.79 Å². The Balaban J connectivity index is 1.53. The quantitative estimate of drug-likeness (QED) is 0.937. The van der Waals surface area contributed by atoms with Crippen molar-refractivity contribution in [2.45, 2.75) is 32.9 Å². The molecule has 1 aliphatic rings. The van der Waals surface area contributed by atoms with Crippen molar-refractivity contribution in [1.82, 2.24) is 10.2 Å². The second-order valence-corrected chi connectivity index (χ2v) is 7.85. The Hall–Kier alpha value is -1.17. The van der Waals surface area contributed by atoms with Gasteiger partial charge in [-0.05, 0) is 49.4 Å². The highest BCUT2D eigenvalue weighted by Gasteiger charge is 2.21. The van der Waals surface area contributed by atoms with Gasteiger partial charge in [0, 0.05) is 35.4 Å². The molecule has 3 nitrogen and oxygen atoms in total. The number of rotatable bonds is 4. The third kappa shape index (κ3) is 3.36. The number of aryl methyl sites for hydroxylation is 1. The molecule has 3 rings (SSSR count). The molecule has 2 aromatic heterocycles. The van der Waals surface area contributed by atoms with Crippen LogP contribution < -0.4 is 5.32 Å². The normalized spacial score (nSPS) is 16.5. The molecule has 0 unspecified atom stereocenters. The van der Waals surface area contributed by atoms with E-state index in [0.717, 1.165) is 24.4 Å². The molecule has 112 valence electrons. The van der Waals surface area contributed by atoms with Crippen LogP contribution in [-0.4, -0.2) is 29.9 Å². The van der Waals surface area contributed by atoms with Crippen molar-refractivity contribution in [3.63, 3.8) is 0 Å². The number of nitrogens with zero attached hydrogens (tertiary/aromatic N) is 1. The van der Waals surface area contributed by atoms with Gasteiger partial charge in [-0.1, -0.05) is 0 Å². The van der Waals surface area contributed by atoms with Crippen LogP contribution in [0.5, 0.6) is 0 Å². The first-order valence-corrected chi connectivity index (χ1v) is 8.97. The molecule has 0 fully saturated rings. The van der Waals surface area contributed by atoms with Crippen LogP contribution in [-0.2, 0) is 13.0 Å². The Labute approximate surface area is 133 Å². The standard InChI is InChI=1S/C16H20N2OS2/c1-11(9-17-16(19)15-4-3-12(2)21-15)18-7-5-14-13(10-18)6-8-20-14/h3-4,6,8,11H,5,7,9-10H2,1-2H3,(H,17,19)/t11-/m0/s1. The average Bonchev–Trinajstić information content (AvgIpc) is 3.12. The van der Waals surface area contributed by atoms with Gasteiger partial charge in [-0.2, -0.15) is 0 Å². The van der Waals surface area contributed by atoms with Crippen LogP contribution in [0.4, 0.5) is 0 Å². The van der Waals surface area contributed by atoms with Gasteiger partial charge in [0.15, 0.2) is 0 Å². The van der Waals surface area contributed by atoms with Crippen molar-refractivity contribution in [2.24, 2.45) is 0 Å². The summed E-state index contributed by atoms with van der Waals surface area (Å²) in [5.74, 6) is 0.0492. The molecule has 0 saturated heterocycles. The first kappa shape index (κ1) is 14.8. The van der Waals surface area contributed by atoms with Gasteiger partial charge in [0.25, 0.3) is 5.91 Å². The summed E-state index contributed by atoms with van der Waals surface area (Å²) >= 11 is 3.41. The fraction of sp³-hybridized carbons (Fsp3) is 0.438. The highest BCUT2D eigenvalue weighted by molar-refractivity contribution is 7.13. The molecular weight excluding hydrogens is 300 g/mol. The van der Waals surface area contributed by atoms with E-state index in [4.69, 9.17) is 0 Å². The molecule has 0 bridgehead atoms. The van der Waals surface area contributed by atoms with Crippen molar-refractivity contribution in [3.05, 3.63) is 43.8 Å². The van der Waals surface area contributed by atoms with Crippen molar-refractivity contribution in [1.29, 1.82) is 0 Å². The lowest BCUT2D eigenvalue weighted by Gasteiger charge is -2.32. The molecule has 21 heavy (non-hydrogen) atoms. The SMILES string of the molecule is Cc1ccc(C(=O)NC[C@H](C)N2CCc3sccc3C2)s1. The van der Waals surface area contributed by atoms with Crippen LogP contribution in [0.25, 0.3) is 0 Å². The Morgan fingerprint density at radius 3 is 3.05 bits per heavy atom. The summed E-state index contributed by atoms with van der Waals surface area (Å²) in [7, 11) is 0. The predicted octanol–water partition coefficient (Wildman–Crippen LogP) is 3.29. The summed E-state index contributed by atoms with van der Waals surface area (Å²) < 4.78 is 0. The molecular formula is C16H20N2OS2. The van der Waals surface area contributed by atoms with Crippen LogP contribution in [0, 0.1) is 6.92 Å². The van der Waals surface area contributed by atoms with Gasteiger partial charge in [-0.15, -0.1) is 22.7 Å². The van der Waals surface area contributed by atoms with Crippen LogP contribution in [0.1, 0.15) is 31.9 Å². The van der Waals surface area contributed by atoms with E-state index in [2.05, 4.69) is 28.6 Å². The zero-order valence-electron chi connectivity index (χ0n) is 12.4. The van der Waals surface area contributed by atoms with Crippen LogP contribution in [0.15, 0.2) is 23.6 Å². The van der Waals surface area contributed by atoms with E-state index in [-0.39, 0.29) is 5.91 Å². The van der Waals surface area contributed by atoms with Crippen molar-refractivity contribution in [3.8, 4) is 0 Å². The number of hydrogen-bond acceptors (Lipinski definition) is 4. The van der Waals surface area contributed by atoms with Crippen LogP contribution in [0.2, 0.25) is 0 Å². The molecule has 1 amide bonds. The number of carbonyl (C=O) groups excluding carboxylic acids is 1. The number of amides is 1. The molecule has 5 heteroatoms. The van der Waals surface area contributed by atoms with Gasteiger partial charge in [0.05, 0.1) is 4.88 Å². The maximum atomic E-state index is 12.1. The van der Waals surface area contributed by atoms with E-state index in [0.29, 0.717) is 12.6 Å². The van der Waals surface area contributed by atoms with Gasteiger partial charge in [0.2, 0.25) is 0 Å². The Bertz CT molecular complexity index is 632. The molecule has 0 radical (unpaired) electrons. The van der Waals surface area contributed by atoms with Crippen LogP contribution in [0.3, 0.4) is 0 Å². The first-order valence-electron chi connectivity index (χ1n) is 7.27. The zero-order chi connectivity index (χ0) is 14.8. The molecule has 3 heterocycles. The third-order valence-electron chi connectivity index (χ3n) is 3.98.